The van der Waals surface area contributed by atoms with Gasteiger partial charge < -0.3 is 19.7 Å². The first kappa shape index (κ1) is 21.2. The van der Waals surface area contributed by atoms with Crippen molar-refractivity contribution in [2.45, 2.75) is 33.0 Å². The molecule has 1 aromatic carbocycles. The number of piperazine rings is 1. The molecule has 7 heteroatoms. The van der Waals surface area contributed by atoms with Crippen molar-refractivity contribution in [2.75, 3.05) is 19.6 Å². The number of aromatic nitrogens is 1. The molecule has 4 rings (SSSR count). The smallest absolute Gasteiger partial charge is 0.318 e. The van der Waals surface area contributed by atoms with Gasteiger partial charge in [0.1, 0.15) is 10.5 Å². The van der Waals surface area contributed by atoms with Crippen LogP contribution in [-0.2, 0) is 13.1 Å². The van der Waals surface area contributed by atoms with Crippen LogP contribution in [0.1, 0.15) is 29.9 Å². The molecule has 0 aliphatic carbocycles. The molecule has 3 heterocycles. The van der Waals surface area contributed by atoms with E-state index in [1.807, 2.05) is 71.5 Å². The molecule has 0 radical (unpaired) electrons. The number of carbonyl (C=O) groups excluding carboxylic acids is 2. The van der Waals surface area contributed by atoms with Crippen molar-refractivity contribution in [1.82, 2.24) is 19.7 Å². The maximum atomic E-state index is 13.4. The van der Waals surface area contributed by atoms with E-state index < -0.39 is 0 Å². The second-order valence-corrected chi connectivity index (χ2v) is 9.09. The van der Waals surface area contributed by atoms with Gasteiger partial charge in [0.2, 0.25) is 0 Å². The maximum Gasteiger partial charge on any atom is 0.318 e. The molecule has 1 aliphatic rings. The van der Waals surface area contributed by atoms with Crippen LogP contribution in [0.4, 0.5) is 4.79 Å². The van der Waals surface area contributed by atoms with Crippen molar-refractivity contribution >= 4 is 33.5 Å². The van der Waals surface area contributed by atoms with Crippen LogP contribution in [0, 0.1) is 0 Å². The number of benzene rings is 1. The average molecular weight is 437 g/mol. The molecule has 1 N–H and O–H groups in total. The van der Waals surface area contributed by atoms with Gasteiger partial charge in [0.15, 0.2) is 0 Å². The number of urea groups is 1. The van der Waals surface area contributed by atoms with Crippen molar-refractivity contribution < 1.29 is 9.59 Å². The van der Waals surface area contributed by atoms with Crippen molar-refractivity contribution in [3.05, 3.63) is 71.3 Å². The van der Waals surface area contributed by atoms with E-state index in [2.05, 4.69) is 16.5 Å². The van der Waals surface area contributed by atoms with Gasteiger partial charge in [-0.15, -0.1) is 11.3 Å². The summed E-state index contributed by atoms with van der Waals surface area (Å²) in [7, 11) is 0. The van der Waals surface area contributed by atoms with E-state index in [1.54, 1.807) is 11.3 Å². The van der Waals surface area contributed by atoms with E-state index in [9.17, 15) is 9.59 Å². The molecule has 3 amide bonds. The van der Waals surface area contributed by atoms with Crippen molar-refractivity contribution in [3.8, 4) is 0 Å². The van der Waals surface area contributed by atoms with E-state index in [4.69, 9.17) is 0 Å². The number of thiophene rings is 1. The fourth-order valence-corrected chi connectivity index (χ4v) is 4.96. The molecule has 0 spiro atoms. The summed E-state index contributed by atoms with van der Waals surface area (Å²) in [5.74, 6) is 0.0147. The van der Waals surface area contributed by atoms with Gasteiger partial charge in [0.05, 0.1) is 0 Å². The molecule has 0 bridgehead atoms. The molecule has 0 saturated carbocycles. The molecule has 2 aromatic heterocycles. The molecule has 31 heavy (non-hydrogen) atoms. The van der Waals surface area contributed by atoms with Crippen LogP contribution < -0.4 is 5.32 Å². The Morgan fingerprint density at radius 3 is 2.68 bits per heavy atom. The zero-order valence-corrected chi connectivity index (χ0v) is 18.8. The Morgan fingerprint density at radius 1 is 1.19 bits per heavy atom. The lowest BCUT2D eigenvalue weighted by Gasteiger charge is -2.39. The van der Waals surface area contributed by atoms with Gasteiger partial charge in [-0.3, -0.25) is 4.79 Å². The highest BCUT2D eigenvalue weighted by atomic mass is 32.1. The third-order valence-corrected chi connectivity index (χ3v) is 6.56. The zero-order chi connectivity index (χ0) is 22.0. The predicted octanol–water partition coefficient (Wildman–Crippen LogP) is 4.34. The Bertz CT molecular complexity index is 1100. The first-order valence-corrected chi connectivity index (χ1v) is 11.4. The van der Waals surface area contributed by atoms with Gasteiger partial charge >= 0.3 is 6.03 Å². The minimum absolute atomic E-state index is 0.0147. The van der Waals surface area contributed by atoms with Crippen LogP contribution in [0.3, 0.4) is 0 Å². The summed E-state index contributed by atoms with van der Waals surface area (Å²) in [6.07, 6.45) is 0. The SMILES string of the molecule is C=C(C)Cn1c(C(=O)N2CCN(C(=O)NCc3ccccc3)C(C)C2)cc2ccsc21. The van der Waals surface area contributed by atoms with Crippen LogP contribution >= 0.6 is 11.3 Å². The fraction of sp³-hybridized carbons (Fsp3) is 0.333. The number of hydrogen-bond donors (Lipinski definition) is 1. The Morgan fingerprint density at radius 2 is 1.97 bits per heavy atom. The Kier molecular flexibility index (Phi) is 6.13. The predicted molar refractivity (Wildman–Crippen MR) is 125 cm³/mol. The number of nitrogens with zero attached hydrogens (tertiary/aromatic N) is 3. The first-order valence-electron chi connectivity index (χ1n) is 10.5. The van der Waals surface area contributed by atoms with Gasteiger partial charge in [-0.2, -0.15) is 0 Å². The fourth-order valence-electron chi connectivity index (χ4n) is 4.06. The Balaban J connectivity index is 1.42. The molecule has 1 aliphatic heterocycles. The van der Waals surface area contributed by atoms with Gasteiger partial charge in [0, 0.05) is 44.2 Å². The van der Waals surface area contributed by atoms with E-state index in [0.29, 0.717) is 38.4 Å². The number of rotatable bonds is 5. The molecule has 6 nitrogen and oxygen atoms in total. The van der Waals surface area contributed by atoms with Gasteiger partial charge in [-0.05, 0) is 36.9 Å². The normalized spacial score (nSPS) is 16.5. The number of fused-ring (bicyclic) bond motifs is 1. The maximum absolute atomic E-state index is 13.4. The van der Waals surface area contributed by atoms with Gasteiger partial charge in [-0.25, -0.2) is 4.79 Å². The van der Waals surface area contributed by atoms with E-state index in [1.165, 1.54) is 0 Å². The summed E-state index contributed by atoms with van der Waals surface area (Å²) in [6, 6.07) is 13.7. The number of nitrogens with one attached hydrogen (secondary N) is 1. The second kappa shape index (κ2) is 8.98. The summed E-state index contributed by atoms with van der Waals surface area (Å²) in [5.41, 5.74) is 2.77. The number of allylic oxidation sites excluding steroid dienone is 1. The minimum atomic E-state index is -0.0883. The average Bonchev–Trinajstić information content (AvgIpc) is 3.34. The van der Waals surface area contributed by atoms with Crippen LogP contribution in [0.5, 0.6) is 0 Å². The summed E-state index contributed by atoms with van der Waals surface area (Å²) in [5, 5.41) is 6.12. The van der Waals surface area contributed by atoms with Gasteiger partial charge in [-0.1, -0.05) is 42.5 Å². The number of amides is 3. The third-order valence-electron chi connectivity index (χ3n) is 5.61. The third kappa shape index (κ3) is 4.51. The van der Waals surface area contributed by atoms with Crippen LogP contribution in [-0.4, -0.2) is 52.0 Å². The van der Waals surface area contributed by atoms with Crippen molar-refractivity contribution in [1.29, 1.82) is 0 Å². The molecular formula is C24H28N4O2S. The minimum Gasteiger partial charge on any atom is -0.334 e. The first-order chi connectivity index (χ1) is 14.9. The van der Waals surface area contributed by atoms with Crippen LogP contribution in [0.15, 0.2) is 60.0 Å². The van der Waals surface area contributed by atoms with E-state index in [-0.39, 0.29) is 18.0 Å². The lowest BCUT2D eigenvalue weighted by Crippen LogP contribution is -2.57. The monoisotopic (exact) mass is 436 g/mol. The Hall–Kier alpha value is -3.06. The lowest BCUT2D eigenvalue weighted by molar-refractivity contribution is 0.0570. The standard InChI is InChI=1S/C24H28N4O2S/c1-17(2)15-28-21(13-20-9-12-31-23(20)28)22(29)26-10-11-27(18(3)16-26)24(30)25-14-19-7-5-4-6-8-19/h4-9,12-13,18H,1,10-11,14-16H2,2-3H3,(H,25,30). The molecule has 1 saturated heterocycles. The highest BCUT2D eigenvalue weighted by Crippen LogP contribution is 2.27. The van der Waals surface area contributed by atoms with E-state index in [0.717, 1.165) is 21.4 Å². The number of carbonyl (C=O) groups is 2. The summed E-state index contributed by atoms with van der Waals surface area (Å²) >= 11 is 1.64. The lowest BCUT2D eigenvalue weighted by atomic mass is 10.2. The van der Waals surface area contributed by atoms with Gasteiger partial charge in [0.25, 0.3) is 5.91 Å². The highest BCUT2D eigenvalue weighted by molar-refractivity contribution is 7.16. The largest absolute Gasteiger partial charge is 0.334 e. The van der Waals surface area contributed by atoms with Crippen molar-refractivity contribution in [3.63, 3.8) is 0 Å². The summed E-state index contributed by atoms with van der Waals surface area (Å²) in [6.45, 7) is 10.7. The molecule has 1 atom stereocenters. The topological polar surface area (TPSA) is 57.6 Å². The number of hydrogen-bond acceptors (Lipinski definition) is 3. The summed E-state index contributed by atoms with van der Waals surface area (Å²) in [4.78, 5) is 30.8. The van der Waals surface area contributed by atoms with Crippen LogP contribution in [0.2, 0.25) is 0 Å². The highest BCUT2D eigenvalue weighted by Gasteiger charge is 2.31. The second-order valence-electron chi connectivity index (χ2n) is 8.19. The zero-order valence-electron chi connectivity index (χ0n) is 18.0. The molecule has 1 fully saturated rings. The van der Waals surface area contributed by atoms with E-state index >= 15 is 0 Å². The van der Waals surface area contributed by atoms with Crippen LogP contribution in [0.25, 0.3) is 10.2 Å². The molecule has 162 valence electrons. The van der Waals surface area contributed by atoms with Crippen molar-refractivity contribution in [2.24, 2.45) is 0 Å². The molecule has 3 aromatic rings. The quantitative estimate of drug-likeness (QED) is 0.605. The molecular weight excluding hydrogens is 408 g/mol. The summed E-state index contributed by atoms with van der Waals surface area (Å²) < 4.78 is 2.06. The molecule has 1 unspecified atom stereocenters. The Labute approximate surface area is 186 Å².